The van der Waals surface area contributed by atoms with E-state index in [0.717, 1.165) is 11.1 Å². The maximum Gasteiger partial charge on any atom is 0.248 e. The Hall–Kier alpha value is -1.38. The molecule has 0 spiro atoms. The number of allylic oxidation sites excluding steroid dienone is 1. The molecular formula is C10H12N2O. The van der Waals surface area contributed by atoms with Gasteiger partial charge in [-0.15, -0.1) is 0 Å². The summed E-state index contributed by atoms with van der Waals surface area (Å²) in [4.78, 5) is 15.5. The number of nitrogens with zero attached hydrogens (tertiary/aromatic N) is 1. The molecule has 2 atom stereocenters. The van der Waals surface area contributed by atoms with Crippen LogP contribution >= 0.6 is 0 Å². The minimum atomic E-state index is -0.0834. The predicted molar refractivity (Wildman–Crippen MR) is 51.4 cm³/mol. The monoisotopic (exact) mass is 176 g/mol. The van der Waals surface area contributed by atoms with Crippen LogP contribution in [0.2, 0.25) is 0 Å². The van der Waals surface area contributed by atoms with E-state index >= 15 is 0 Å². The van der Waals surface area contributed by atoms with Gasteiger partial charge in [-0.1, -0.05) is 12.2 Å². The van der Waals surface area contributed by atoms with E-state index in [1.165, 1.54) is 0 Å². The molecule has 0 aromatic carbocycles. The summed E-state index contributed by atoms with van der Waals surface area (Å²) in [7, 11) is 0. The fourth-order valence-corrected chi connectivity index (χ4v) is 1.62. The molecule has 2 aliphatic rings. The second-order valence-corrected chi connectivity index (χ2v) is 3.53. The van der Waals surface area contributed by atoms with Crippen molar-refractivity contribution in [1.29, 1.82) is 0 Å². The first-order valence-electron chi connectivity index (χ1n) is 4.38. The van der Waals surface area contributed by atoms with Crippen molar-refractivity contribution in [1.82, 2.24) is 5.32 Å². The quantitative estimate of drug-likeness (QED) is 0.588. The van der Waals surface area contributed by atoms with Gasteiger partial charge in [0.1, 0.15) is 6.17 Å². The van der Waals surface area contributed by atoms with Crippen LogP contribution in [0.15, 0.2) is 28.3 Å². The molecule has 0 aromatic heterocycles. The van der Waals surface area contributed by atoms with Crippen LogP contribution in [0.5, 0.6) is 0 Å². The molecule has 68 valence electrons. The van der Waals surface area contributed by atoms with Gasteiger partial charge in [-0.05, 0) is 19.4 Å². The largest absolute Gasteiger partial charge is 0.330 e. The van der Waals surface area contributed by atoms with Crippen molar-refractivity contribution < 1.29 is 4.79 Å². The maximum atomic E-state index is 11.3. The topological polar surface area (TPSA) is 41.5 Å². The van der Waals surface area contributed by atoms with Crippen LogP contribution in [0.4, 0.5) is 0 Å². The summed E-state index contributed by atoms with van der Waals surface area (Å²) >= 11 is 0. The summed E-state index contributed by atoms with van der Waals surface area (Å²) in [6.07, 6.45) is 5.82. The number of dihydropyridines is 1. The van der Waals surface area contributed by atoms with Gasteiger partial charge in [0.15, 0.2) is 0 Å². The number of carbonyl (C=O) groups excluding carboxylic acids is 1. The Kier molecular flexibility index (Phi) is 1.79. The highest BCUT2D eigenvalue weighted by Crippen LogP contribution is 2.21. The van der Waals surface area contributed by atoms with Gasteiger partial charge in [-0.2, -0.15) is 0 Å². The number of carbonyl (C=O) groups is 1. The number of hydrogen-bond acceptors (Lipinski definition) is 2. The van der Waals surface area contributed by atoms with Gasteiger partial charge in [0.2, 0.25) is 5.91 Å². The van der Waals surface area contributed by atoms with Crippen molar-refractivity contribution in [3.63, 3.8) is 0 Å². The van der Waals surface area contributed by atoms with E-state index in [9.17, 15) is 4.79 Å². The zero-order chi connectivity index (χ0) is 9.42. The lowest BCUT2D eigenvalue weighted by atomic mass is 9.94. The van der Waals surface area contributed by atoms with Crippen LogP contribution in [-0.4, -0.2) is 18.3 Å². The molecule has 0 aromatic rings. The van der Waals surface area contributed by atoms with Crippen LogP contribution in [-0.2, 0) is 4.79 Å². The van der Waals surface area contributed by atoms with Gasteiger partial charge < -0.3 is 5.32 Å². The third-order valence-corrected chi connectivity index (χ3v) is 2.34. The standard InChI is InChI=1S/C10H12N2O/c1-6-3-8-4-7(2)10(13)12-9(8)11-5-6/h3-5,8-9H,1-2H3,(H,12,13). The first-order valence-corrected chi connectivity index (χ1v) is 4.38. The lowest BCUT2D eigenvalue weighted by Gasteiger charge is -2.27. The summed E-state index contributed by atoms with van der Waals surface area (Å²) in [5, 5.41) is 2.84. The van der Waals surface area contributed by atoms with Crippen LogP contribution < -0.4 is 5.32 Å². The van der Waals surface area contributed by atoms with Gasteiger partial charge in [-0.3, -0.25) is 9.79 Å². The third kappa shape index (κ3) is 1.41. The lowest BCUT2D eigenvalue weighted by Crippen LogP contribution is -2.43. The highest BCUT2D eigenvalue weighted by Gasteiger charge is 2.26. The molecule has 2 rings (SSSR count). The summed E-state index contributed by atoms with van der Waals surface area (Å²) in [6.45, 7) is 3.84. The van der Waals surface area contributed by atoms with E-state index in [-0.39, 0.29) is 18.0 Å². The second-order valence-electron chi connectivity index (χ2n) is 3.53. The van der Waals surface area contributed by atoms with Crippen LogP contribution in [0, 0.1) is 5.92 Å². The Bertz CT molecular complexity index is 339. The van der Waals surface area contributed by atoms with Crippen LogP contribution in [0.25, 0.3) is 0 Å². The average Bonchev–Trinajstić information content (AvgIpc) is 2.08. The lowest BCUT2D eigenvalue weighted by molar-refractivity contribution is -0.118. The minimum absolute atomic E-state index is 0.00801. The Morgan fingerprint density at radius 2 is 2.15 bits per heavy atom. The van der Waals surface area contributed by atoms with E-state index in [0.29, 0.717) is 0 Å². The first-order chi connectivity index (χ1) is 6.16. The Labute approximate surface area is 77.2 Å². The zero-order valence-corrected chi connectivity index (χ0v) is 7.74. The fraction of sp³-hybridized carbons (Fsp3) is 0.400. The molecule has 1 amide bonds. The molecule has 3 nitrogen and oxygen atoms in total. The Morgan fingerprint density at radius 3 is 2.92 bits per heavy atom. The van der Waals surface area contributed by atoms with Gasteiger partial charge in [-0.25, -0.2) is 0 Å². The predicted octanol–water partition coefficient (Wildman–Crippen LogP) is 1.04. The number of amides is 1. The molecular weight excluding hydrogens is 164 g/mol. The molecule has 0 radical (unpaired) electrons. The summed E-state index contributed by atoms with van der Waals surface area (Å²) < 4.78 is 0. The average molecular weight is 176 g/mol. The molecule has 2 heterocycles. The second kappa shape index (κ2) is 2.83. The van der Waals surface area contributed by atoms with Gasteiger partial charge in [0.05, 0.1) is 0 Å². The molecule has 0 bridgehead atoms. The molecule has 1 N–H and O–H groups in total. The SMILES string of the molecule is CC1=CC2C=C(C)C(=O)NC2N=C1. The van der Waals surface area contributed by atoms with Crippen molar-refractivity contribution in [3.8, 4) is 0 Å². The highest BCUT2D eigenvalue weighted by molar-refractivity contribution is 5.94. The Balaban J connectivity index is 2.33. The highest BCUT2D eigenvalue weighted by atomic mass is 16.1. The van der Waals surface area contributed by atoms with Crippen molar-refractivity contribution in [2.45, 2.75) is 20.0 Å². The number of fused-ring (bicyclic) bond motifs is 1. The summed E-state index contributed by atoms with van der Waals surface area (Å²) in [5.74, 6) is 0.231. The van der Waals surface area contributed by atoms with Crippen molar-refractivity contribution in [3.05, 3.63) is 23.3 Å². The number of hydrogen-bond donors (Lipinski definition) is 1. The minimum Gasteiger partial charge on any atom is -0.330 e. The molecule has 0 saturated carbocycles. The molecule has 0 aliphatic carbocycles. The molecule has 0 fully saturated rings. The maximum absolute atomic E-state index is 11.3. The fourth-order valence-electron chi connectivity index (χ4n) is 1.62. The van der Waals surface area contributed by atoms with E-state index in [1.807, 2.05) is 19.9 Å². The molecule has 3 heteroatoms. The van der Waals surface area contributed by atoms with Crippen molar-refractivity contribution in [2.24, 2.45) is 10.9 Å². The van der Waals surface area contributed by atoms with Gasteiger partial charge >= 0.3 is 0 Å². The summed E-state index contributed by atoms with van der Waals surface area (Å²) in [5.41, 5.74) is 1.93. The normalized spacial score (nSPS) is 31.7. The smallest absolute Gasteiger partial charge is 0.248 e. The van der Waals surface area contributed by atoms with Crippen LogP contribution in [0.1, 0.15) is 13.8 Å². The van der Waals surface area contributed by atoms with Gasteiger partial charge in [0.25, 0.3) is 0 Å². The van der Waals surface area contributed by atoms with E-state index in [1.54, 1.807) is 6.21 Å². The van der Waals surface area contributed by atoms with E-state index in [2.05, 4.69) is 16.4 Å². The summed E-state index contributed by atoms with van der Waals surface area (Å²) in [6, 6.07) is 0. The molecule has 2 unspecified atom stereocenters. The van der Waals surface area contributed by atoms with Crippen molar-refractivity contribution >= 4 is 12.1 Å². The van der Waals surface area contributed by atoms with E-state index in [4.69, 9.17) is 0 Å². The Morgan fingerprint density at radius 1 is 1.38 bits per heavy atom. The first kappa shape index (κ1) is 8.23. The number of aliphatic imine (C=N–C) groups is 1. The molecule has 0 saturated heterocycles. The third-order valence-electron chi connectivity index (χ3n) is 2.34. The zero-order valence-electron chi connectivity index (χ0n) is 7.74. The molecule has 2 aliphatic heterocycles. The molecule has 13 heavy (non-hydrogen) atoms. The van der Waals surface area contributed by atoms with Crippen molar-refractivity contribution in [2.75, 3.05) is 0 Å². The van der Waals surface area contributed by atoms with Crippen LogP contribution in [0.3, 0.4) is 0 Å². The number of nitrogens with one attached hydrogen (secondary N) is 1. The van der Waals surface area contributed by atoms with Gasteiger partial charge in [0, 0.05) is 17.7 Å². The van der Waals surface area contributed by atoms with E-state index < -0.39 is 0 Å². The number of rotatable bonds is 0.